The average molecular weight is 376 g/mol. The molecule has 1 heterocycles. The minimum atomic E-state index is -0.245. The van der Waals surface area contributed by atoms with Crippen LogP contribution in [0.15, 0.2) is 46.9 Å². The third-order valence-electron chi connectivity index (χ3n) is 3.49. The van der Waals surface area contributed by atoms with Gasteiger partial charge < -0.3 is 4.74 Å². The van der Waals surface area contributed by atoms with Gasteiger partial charge in [0.25, 0.3) is 5.91 Å². The quantitative estimate of drug-likeness (QED) is 0.406. The van der Waals surface area contributed by atoms with Crippen LogP contribution >= 0.6 is 24.0 Å². The van der Waals surface area contributed by atoms with E-state index in [0.717, 1.165) is 11.1 Å². The van der Waals surface area contributed by atoms with E-state index in [0.29, 0.717) is 28.8 Å². The smallest absolute Gasteiger partial charge is 0.305 e. The number of carbonyl (C=O) groups is 2. The Morgan fingerprint density at radius 2 is 2.04 bits per heavy atom. The average Bonchev–Trinajstić information content (AvgIpc) is 2.83. The standard InChI is InChI=1S/C19H21NO3S2/c1-3-23-17(21)10-7-11-20-18(22)16(25-19(20)24)13-14(2)12-15-8-5-4-6-9-15/h4-6,8-9,12-13H,3,7,10-11H2,1-2H3. The number of thiocarbonyl (C=S) groups is 1. The van der Waals surface area contributed by atoms with Crippen LogP contribution in [0.5, 0.6) is 0 Å². The zero-order valence-electron chi connectivity index (χ0n) is 14.4. The summed E-state index contributed by atoms with van der Waals surface area (Å²) in [5.74, 6) is -0.343. The Labute approximate surface area is 157 Å². The fraction of sp³-hybridized carbons (Fsp3) is 0.316. The fourth-order valence-electron chi connectivity index (χ4n) is 2.37. The van der Waals surface area contributed by atoms with E-state index in [1.165, 1.54) is 11.8 Å². The topological polar surface area (TPSA) is 46.6 Å². The van der Waals surface area contributed by atoms with E-state index in [4.69, 9.17) is 17.0 Å². The SMILES string of the molecule is CCOC(=O)CCCN1C(=O)C(=CC(C)=Cc2ccccc2)SC1=S. The maximum absolute atomic E-state index is 12.5. The fourth-order valence-corrected chi connectivity index (χ4v) is 3.73. The number of rotatable bonds is 7. The van der Waals surface area contributed by atoms with Crippen molar-refractivity contribution in [3.8, 4) is 0 Å². The second-order valence-electron chi connectivity index (χ2n) is 5.54. The van der Waals surface area contributed by atoms with Crippen LogP contribution in [0.1, 0.15) is 32.3 Å². The molecule has 1 saturated heterocycles. The van der Waals surface area contributed by atoms with E-state index in [-0.39, 0.29) is 18.3 Å². The highest BCUT2D eigenvalue weighted by Gasteiger charge is 2.31. The number of benzene rings is 1. The molecule has 0 unspecified atom stereocenters. The Hall–Kier alpha value is -1.92. The van der Waals surface area contributed by atoms with E-state index in [1.807, 2.05) is 49.4 Å². The van der Waals surface area contributed by atoms with Crippen molar-refractivity contribution in [3.05, 3.63) is 52.4 Å². The van der Waals surface area contributed by atoms with E-state index in [9.17, 15) is 9.59 Å². The molecule has 1 aromatic carbocycles. The molecule has 0 aliphatic carbocycles. The summed E-state index contributed by atoms with van der Waals surface area (Å²) >= 11 is 6.60. The molecule has 4 nitrogen and oxygen atoms in total. The zero-order valence-corrected chi connectivity index (χ0v) is 16.0. The first-order valence-electron chi connectivity index (χ1n) is 8.15. The van der Waals surface area contributed by atoms with Gasteiger partial charge in [-0.15, -0.1) is 0 Å². The number of carbonyl (C=O) groups excluding carboxylic acids is 2. The molecule has 0 radical (unpaired) electrons. The molecule has 0 atom stereocenters. The number of thioether (sulfide) groups is 1. The van der Waals surface area contributed by atoms with Crippen LogP contribution in [0.3, 0.4) is 0 Å². The van der Waals surface area contributed by atoms with Gasteiger partial charge in [-0.05, 0) is 37.5 Å². The molecule has 1 aliphatic heterocycles. The summed E-state index contributed by atoms with van der Waals surface area (Å²) in [5, 5.41) is 0. The van der Waals surface area contributed by atoms with Gasteiger partial charge in [0, 0.05) is 13.0 Å². The number of ether oxygens (including phenoxy) is 1. The van der Waals surface area contributed by atoms with Crippen molar-refractivity contribution in [2.75, 3.05) is 13.2 Å². The molecular weight excluding hydrogens is 354 g/mol. The highest BCUT2D eigenvalue weighted by atomic mass is 32.2. The first kappa shape index (κ1) is 19.4. The second-order valence-corrected chi connectivity index (χ2v) is 7.22. The molecule has 1 aromatic rings. The molecule has 0 saturated carbocycles. The van der Waals surface area contributed by atoms with Gasteiger partial charge in [0.05, 0.1) is 11.5 Å². The van der Waals surface area contributed by atoms with Crippen molar-refractivity contribution in [1.82, 2.24) is 4.90 Å². The van der Waals surface area contributed by atoms with Crippen molar-refractivity contribution >= 4 is 46.3 Å². The Balaban J connectivity index is 1.97. The molecule has 1 aliphatic rings. The van der Waals surface area contributed by atoms with Gasteiger partial charge >= 0.3 is 5.97 Å². The highest BCUT2D eigenvalue weighted by Crippen LogP contribution is 2.32. The third kappa shape index (κ3) is 5.83. The van der Waals surface area contributed by atoms with Crippen LogP contribution in [-0.2, 0) is 14.3 Å². The first-order valence-corrected chi connectivity index (χ1v) is 9.38. The second kappa shape index (κ2) is 9.53. The number of esters is 1. The number of hydrogen-bond donors (Lipinski definition) is 0. The van der Waals surface area contributed by atoms with E-state index < -0.39 is 0 Å². The van der Waals surface area contributed by atoms with Crippen molar-refractivity contribution in [1.29, 1.82) is 0 Å². The summed E-state index contributed by atoms with van der Waals surface area (Å²) in [6.45, 7) is 4.54. The van der Waals surface area contributed by atoms with Crippen LogP contribution < -0.4 is 0 Å². The third-order valence-corrected chi connectivity index (χ3v) is 4.87. The van der Waals surface area contributed by atoms with Crippen molar-refractivity contribution in [2.45, 2.75) is 26.7 Å². The van der Waals surface area contributed by atoms with Crippen LogP contribution in [0.4, 0.5) is 0 Å². The molecule has 0 bridgehead atoms. The zero-order chi connectivity index (χ0) is 18.2. The lowest BCUT2D eigenvalue weighted by atomic mass is 10.1. The number of amides is 1. The van der Waals surface area contributed by atoms with E-state index >= 15 is 0 Å². The normalized spacial score (nSPS) is 16.6. The lowest BCUT2D eigenvalue weighted by Gasteiger charge is -2.13. The minimum absolute atomic E-state index is 0.0975. The predicted octanol–water partition coefficient (Wildman–Crippen LogP) is 4.18. The van der Waals surface area contributed by atoms with Crippen LogP contribution in [0.25, 0.3) is 6.08 Å². The predicted molar refractivity (Wildman–Crippen MR) is 106 cm³/mol. The molecule has 0 N–H and O–H groups in total. The van der Waals surface area contributed by atoms with Crippen LogP contribution in [0, 0.1) is 0 Å². The number of hydrogen-bond acceptors (Lipinski definition) is 5. The molecule has 0 spiro atoms. The largest absolute Gasteiger partial charge is 0.466 e. The summed E-state index contributed by atoms with van der Waals surface area (Å²) < 4.78 is 5.43. The van der Waals surface area contributed by atoms with E-state index in [2.05, 4.69) is 0 Å². The molecule has 1 amide bonds. The van der Waals surface area contributed by atoms with E-state index in [1.54, 1.807) is 11.8 Å². The van der Waals surface area contributed by atoms with Crippen molar-refractivity contribution < 1.29 is 14.3 Å². The van der Waals surface area contributed by atoms with Gasteiger partial charge in [-0.2, -0.15) is 0 Å². The lowest BCUT2D eigenvalue weighted by Crippen LogP contribution is -2.29. The molecule has 0 aromatic heterocycles. The summed E-state index contributed by atoms with van der Waals surface area (Å²) in [6.07, 6.45) is 4.71. The molecule has 132 valence electrons. The monoisotopic (exact) mass is 375 g/mol. The van der Waals surface area contributed by atoms with Gasteiger partial charge in [-0.1, -0.05) is 60.4 Å². The minimum Gasteiger partial charge on any atom is -0.466 e. The molecule has 6 heteroatoms. The summed E-state index contributed by atoms with van der Waals surface area (Å²) in [4.78, 5) is 26.1. The summed E-state index contributed by atoms with van der Waals surface area (Å²) in [7, 11) is 0. The maximum Gasteiger partial charge on any atom is 0.305 e. The van der Waals surface area contributed by atoms with Crippen molar-refractivity contribution in [3.63, 3.8) is 0 Å². The highest BCUT2D eigenvalue weighted by molar-refractivity contribution is 8.26. The van der Waals surface area contributed by atoms with Crippen LogP contribution in [-0.4, -0.2) is 34.2 Å². The Kier molecular flexibility index (Phi) is 7.40. The van der Waals surface area contributed by atoms with Crippen molar-refractivity contribution in [2.24, 2.45) is 0 Å². The Morgan fingerprint density at radius 3 is 2.72 bits per heavy atom. The van der Waals surface area contributed by atoms with Gasteiger partial charge in [0.2, 0.25) is 0 Å². The molecular formula is C19H21NO3S2. The molecule has 1 fully saturated rings. The Bertz CT molecular complexity index is 711. The first-order chi connectivity index (χ1) is 12.0. The Morgan fingerprint density at radius 1 is 1.32 bits per heavy atom. The lowest BCUT2D eigenvalue weighted by molar-refractivity contribution is -0.143. The van der Waals surface area contributed by atoms with Crippen LogP contribution in [0.2, 0.25) is 0 Å². The van der Waals surface area contributed by atoms with Gasteiger partial charge in [-0.25, -0.2) is 0 Å². The summed E-state index contributed by atoms with van der Waals surface area (Å²) in [5.41, 5.74) is 2.07. The molecule has 2 rings (SSSR count). The number of allylic oxidation sites excluding steroid dienone is 2. The number of nitrogens with zero attached hydrogens (tertiary/aromatic N) is 1. The van der Waals surface area contributed by atoms with Gasteiger partial charge in [-0.3, -0.25) is 14.5 Å². The molecule has 25 heavy (non-hydrogen) atoms. The van der Waals surface area contributed by atoms with Gasteiger partial charge in [0.15, 0.2) is 0 Å². The summed E-state index contributed by atoms with van der Waals surface area (Å²) in [6, 6.07) is 9.94. The van der Waals surface area contributed by atoms with Gasteiger partial charge in [0.1, 0.15) is 4.32 Å². The maximum atomic E-state index is 12.5.